The quantitative estimate of drug-likeness (QED) is 0.649. The Kier molecular flexibility index (Phi) is 2.03. The highest BCUT2D eigenvalue weighted by Crippen LogP contribution is 2.09. The Morgan fingerprint density at radius 2 is 1.00 bits per heavy atom. The van der Waals surface area contributed by atoms with Gasteiger partial charge in [0.1, 0.15) is 0 Å². The normalized spacial score (nSPS) is 11.1. The van der Waals surface area contributed by atoms with E-state index >= 15 is 0 Å². The van der Waals surface area contributed by atoms with Gasteiger partial charge in [-0.15, -0.1) is 0 Å². The maximum absolute atomic E-state index is 4.22. The summed E-state index contributed by atoms with van der Waals surface area (Å²) < 4.78 is 5.38. The molecule has 0 saturated carbocycles. The third-order valence-electron chi connectivity index (χ3n) is 2.28. The Morgan fingerprint density at radius 1 is 0.625 bits per heavy atom. The minimum Gasteiger partial charge on any atom is -0.227 e. The molecule has 0 saturated heterocycles. The highest BCUT2D eigenvalue weighted by molar-refractivity contribution is 4.89. The Hall–Kier alpha value is -2.37. The van der Waals surface area contributed by atoms with Crippen molar-refractivity contribution in [1.29, 1.82) is 0 Å². The van der Waals surface area contributed by atoms with E-state index < -0.39 is 0 Å². The minimum atomic E-state index is -0.194. The second-order valence-electron chi connectivity index (χ2n) is 3.30. The molecule has 3 rings (SSSR count). The maximum atomic E-state index is 4.22. The van der Waals surface area contributed by atoms with Gasteiger partial charge < -0.3 is 0 Å². The molecule has 0 aliphatic heterocycles. The smallest absolute Gasteiger partial charge is 0.227 e. The van der Waals surface area contributed by atoms with Crippen LogP contribution >= 0.6 is 0 Å². The highest BCUT2D eigenvalue weighted by atomic mass is 15.6. The number of rotatable bonds is 3. The number of hydrogen-bond acceptors (Lipinski definition) is 3. The molecule has 0 amide bonds. The molecule has 0 spiro atoms. The zero-order chi connectivity index (χ0) is 10.8. The monoisotopic (exact) mass is 214 g/mol. The SMILES string of the molecule is c1cnn(C(n2cccn2)n2cccn2)c1. The van der Waals surface area contributed by atoms with Gasteiger partial charge in [0.15, 0.2) is 0 Å². The van der Waals surface area contributed by atoms with Crippen LogP contribution in [0.1, 0.15) is 6.29 Å². The average molecular weight is 214 g/mol. The van der Waals surface area contributed by atoms with Gasteiger partial charge in [0.2, 0.25) is 6.29 Å². The lowest BCUT2D eigenvalue weighted by atomic mass is 10.7. The predicted octanol–water partition coefficient (Wildman–Crippen LogP) is 0.829. The molecule has 6 nitrogen and oxygen atoms in total. The fraction of sp³-hybridized carbons (Fsp3) is 0.100. The maximum Gasteiger partial charge on any atom is 0.238 e. The molecular weight excluding hydrogens is 204 g/mol. The first-order chi connectivity index (χ1) is 7.95. The second kappa shape index (κ2) is 3.65. The van der Waals surface area contributed by atoms with Gasteiger partial charge in [-0.1, -0.05) is 0 Å². The van der Waals surface area contributed by atoms with E-state index in [0.29, 0.717) is 0 Å². The molecular formula is C10H10N6. The van der Waals surface area contributed by atoms with Crippen LogP contribution in [-0.2, 0) is 0 Å². The topological polar surface area (TPSA) is 53.5 Å². The zero-order valence-corrected chi connectivity index (χ0v) is 8.46. The Balaban J connectivity index is 2.09. The Morgan fingerprint density at radius 3 is 1.25 bits per heavy atom. The number of nitrogens with zero attached hydrogens (tertiary/aromatic N) is 6. The van der Waals surface area contributed by atoms with Crippen LogP contribution in [0.15, 0.2) is 55.4 Å². The lowest BCUT2D eigenvalue weighted by molar-refractivity contribution is 0.284. The molecule has 3 heterocycles. The summed E-state index contributed by atoms with van der Waals surface area (Å²) in [5.74, 6) is 0. The van der Waals surface area contributed by atoms with Crippen molar-refractivity contribution in [1.82, 2.24) is 29.3 Å². The standard InChI is InChI=1S/C10H10N6/c1-4-11-14(7-1)10(15-8-2-5-12-15)16-9-3-6-13-16/h1-10H. The summed E-state index contributed by atoms with van der Waals surface area (Å²) in [5, 5.41) is 12.7. The molecule has 0 aromatic carbocycles. The summed E-state index contributed by atoms with van der Waals surface area (Å²) in [6.45, 7) is 0. The fourth-order valence-corrected chi connectivity index (χ4v) is 1.62. The molecule has 0 bridgehead atoms. The van der Waals surface area contributed by atoms with E-state index in [9.17, 15) is 0 Å². The molecule has 80 valence electrons. The molecule has 0 atom stereocenters. The van der Waals surface area contributed by atoms with E-state index in [1.54, 1.807) is 32.6 Å². The van der Waals surface area contributed by atoms with Crippen molar-refractivity contribution in [2.45, 2.75) is 6.29 Å². The van der Waals surface area contributed by atoms with Crippen LogP contribution in [0.25, 0.3) is 0 Å². The van der Waals surface area contributed by atoms with Gasteiger partial charge in [-0.2, -0.15) is 15.3 Å². The third-order valence-corrected chi connectivity index (χ3v) is 2.28. The zero-order valence-electron chi connectivity index (χ0n) is 8.46. The van der Waals surface area contributed by atoms with Gasteiger partial charge in [0.05, 0.1) is 0 Å². The first-order valence-electron chi connectivity index (χ1n) is 4.92. The van der Waals surface area contributed by atoms with E-state index in [4.69, 9.17) is 0 Å². The highest BCUT2D eigenvalue weighted by Gasteiger charge is 2.15. The van der Waals surface area contributed by atoms with Crippen LogP contribution in [-0.4, -0.2) is 29.3 Å². The van der Waals surface area contributed by atoms with E-state index in [2.05, 4.69) is 15.3 Å². The van der Waals surface area contributed by atoms with Crippen LogP contribution < -0.4 is 0 Å². The van der Waals surface area contributed by atoms with Crippen LogP contribution in [0.2, 0.25) is 0 Å². The Labute approximate surface area is 91.7 Å². The molecule has 16 heavy (non-hydrogen) atoms. The third kappa shape index (κ3) is 1.40. The van der Waals surface area contributed by atoms with Crippen molar-refractivity contribution < 1.29 is 0 Å². The van der Waals surface area contributed by atoms with Crippen molar-refractivity contribution >= 4 is 0 Å². The van der Waals surface area contributed by atoms with Gasteiger partial charge in [-0.05, 0) is 18.2 Å². The van der Waals surface area contributed by atoms with Crippen molar-refractivity contribution in [3.05, 3.63) is 55.4 Å². The molecule has 0 aliphatic rings. The molecule has 6 heteroatoms. The van der Waals surface area contributed by atoms with Crippen molar-refractivity contribution in [2.24, 2.45) is 0 Å². The number of hydrogen-bond donors (Lipinski definition) is 0. The molecule has 0 fully saturated rings. The van der Waals surface area contributed by atoms with E-state index in [0.717, 1.165) is 0 Å². The second-order valence-corrected chi connectivity index (χ2v) is 3.30. The van der Waals surface area contributed by atoms with Crippen LogP contribution in [0, 0.1) is 0 Å². The van der Waals surface area contributed by atoms with E-state index in [-0.39, 0.29) is 6.29 Å². The molecule has 0 unspecified atom stereocenters. The molecule has 0 radical (unpaired) electrons. The first kappa shape index (κ1) is 8.90. The molecule has 0 N–H and O–H groups in total. The minimum absolute atomic E-state index is 0.194. The summed E-state index contributed by atoms with van der Waals surface area (Å²) in [5.41, 5.74) is 0. The predicted molar refractivity (Wildman–Crippen MR) is 56.5 cm³/mol. The van der Waals surface area contributed by atoms with Crippen molar-refractivity contribution in [3.63, 3.8) is 0 Å². The average Bonchev–Trinajstić information content (AvgIpc) is 3.02. The summed E-state index contributed by atoms with van der Waals surface area (Å²) in [7, 11) is 0. The van der Waals surface area contributed by atoms with Gasteiger partial charge in [0, 0.05) is 37.2 Å². The fourth-order valence-electron chi connectivity index (χ4n) is 1.62. The molecule has 3 aromatic rings. The summed E-state index contributed by atoms with van der Waals surface area (Å²) >= 11 is 0. The van der Waals surface area contributed by atoms with Crippen LogP contribution in [0.5, 0.6) is 0 Å². The van der Waals surface area contributed by atoms with Crippen LogP contribution in [0.3, 0.4) is 0 Å². The molecule has 3 aromatic heterocycles. The van der Waals surface area contributed by atoms with E-state index in [1.165, 1.54) is 0 Å². The Bertz CT molecular complexity index is 440. The lowest BCUT2D eigenvalue weighted by Crippen LogP contribution is -2.27. The summed E-state index contributed by atoms with van der Waals surface area (Å²) in [6, 6.07) is 5.62. The van der Waals surface area contributed by atoms with Gasteiger partial charge >= 0.3 is 0 Å². The van der Waals surface area contributed by atoms with Crippen molar-refractivity contribution in [2.75, 3.05) is 0 Å². The van der Waals surface area contributed by atoms with E-state index in [1.807, 2.05) is 36.8 Å². The van der Waals surface area contributed by atoms with Crippen LogP contribution in [0.4, 0.5) is 0 Å². The summed E-state index contributed by atoms with van der Waals surface area (Å²) in [4.78, 5) is 0. The first-order valence-corrected chi connectivity index (χ1v) is 4.92. The largest absolute Gasteiger partial charge is 0.238 e. The van der Waals surface area contributed by atoms with Gasteiger partial charge in [-0.25, -0.2) is 14.0 Å². The molecule has 0 aliphatic carbocycles. The van der Waals surface area contributed by atoms with Crippen molar-refractivity contribution in [3.8, 4) is 0 Å². The van der Waals surface area contributed by atoms with Gasteiger partial charge in [-0.3, -0.25) is 0 Å². The summed E-state index contributed by atoms with van der Waals surface area (Å²) in [6.07, 6.45) is 10.7. The van der Waals surface area contributed by atoms with Gasteiger partial charge in [0.25, 0.3) is 0 Å². The lowest BCUT2D eigenvalue weighted by Gasteiger charge is -2.18. The number of aromatic nitrogens is 6.